The molecular formula is C14H20ClN3O2. The molecule has 0 aliphatic carbocycles. The van der Waals surface area contributed by atoms with E-state index in [4.69, 9.17) is 22.1 Å². The van der Waals surface area contributed by atoms with Gasteiger partial charge >= 0.3 is 0 Å². The van der Waals surface area contributed by atoms with Crippen molar-refractivity contribution in [2.45, 2.75) is 13.0 Å². The maximum absolute atomic E-state index is 12.0. The largest absolute Gasteiger partial charge is 0.495 e. The van der Waals surface area contributed by atoms with Crippen LogP contribution in [0, 0.1) is 5.92 Å². The molecule has 0 saturated carbocycles. The van der Waals surface area contributed by atoms with Gasteiger partial charge in [-0.05, 0) is 24.1 Å². The highest BCUT2D eigenvalue weighted by atomic mass is 35.5. The molecule has 2 unspecified atom stereocenters. The minimum absolute atomic E-state index is 0.0625. The summed E-state index contributed by atoms with van der Waals surface area (Å²) < 4.78 is 5.07. The third-order valence-electron chi connectivity index (χ3n) is 3.55. The Morgan fingerprint density at radius 2 is 2.30 bits per heavy atom. The highest BCUT2D eigenvalue weighted by Gasteiger charge is 2.27. The molecule has 0 radical (unpaired) electrons. The van der Waals surface area contributed by atoms with Gasteiger partial charge in [0, 0.05) is 24.8 Å². The van der Waals surface area contributed by atoms with Crippen molar-refractivity contribution in [3.05, 3.63) is 23.2 Å². The highest BCUT2D eigenvalue weighted by molar-refractivity contribution is 6.32. The number of carbonyl (C=O) groups excluding carboxylic acids is 1. The fourth-order valence-electron chi connectivity index (χ4n) is 2.37. The number of nitrogens with two attached hydrogens (primary N) is 1. The Morgan fingerprint density at radius 3 is 2.85 bits per heavy atom. The quantitative estimate of drug-likeness (QED) is 0.885. The number of nitrogens with zero attached hydrogens (tertiary/aromatic N) is 1. The van der Waals surface area contributed by atoms with Crippen LogP contribution in [-0.4, -0.2) is 43.6 Å². The molecule has 1 amide bonds. The number of hydrogen-bond acceptors (Lipinski definition) is 4. The molecule has 1 heterocycles. The van der Waals surface area contributed by atoms with Gasteiger partial charge < -0.3 is 15.8 Å². The first-order valence-corrected chi connectivity index (χ1v) is 6.98. The second-order valence-corrected chi connectivity index (χ2v) is 5.64. The van der Waals surface area contributed by atoms with Crippen LogP contribution in [0.15, 0.2) is 18.2 Å². The summed E-state index contributed by atoms with van der Waals surface area (Å²) in [6.07, 6.45) is 0. The molecule has 1 aromatic carbocycles. The number of likely N-dealkylation sites (tertiary alicyclic amines) is 1. The Kier molecular flexibility index (Phi) is 4.86. The van der Waals surface area contributed by atoms with Crippen LogP contribution in [0.1, 0.15) is 6.92 Å². The van der Waals surface area contributed by atoms with Gasteiger partial charge in [0.25, 0.3) is 0 Å². The number of benzene rings is 1. The molecule has 2 rings (SSSR count). The van der Waals surface area contributed by atoms with Gasteiger partial charge in [0.15, 0.2) is 0 Å². The summed E-state index contributed by atoms with van der Waals surface area (Å²) in [7, 11) is 1.55. The first kappa shape index (κ1) is 15.1. The van der Waals surface area contributed by atoms with Crippen LogP contribution in [-0.2, 0) is 4.79 Å². The Hall–Kier alpha value is -1.30. The van der Waals surface area contributed by atoms with E-state index in [0.717, 1.165) is 13.1 Å². The maximum atomic E-state index is 12.0. The summed E-state index contributed by atoms with van der Waals surface area (Å²) >= 11 is 6.02. The lowest BCUT2D eigenvalue weighted by Gasteiger charge is -2.15. The molecule has 1 aliphatic rings. The van der Waals surface area contributed by atoms with Crippen LogP contribution in [0.3, 0.4) is 0 Å². The van der Waals surface area contributed by atoms with E-state index in [0.29, 0.717) is 28.9 Å². The van der Waals surface area contributed by atoms with Gasteiger partial charge in [-0.1, -0.05) is 18.5 Å². The molecule has 0 spiro atoms. The number of amides is 1. The predicted octanol–water partition coefficient (Wildman–Crippen LogP) is 1.57. The van der Waals surface area contributed by atoms with Crippen LogP contribution >= 0.6 is 11.6 Å². The average Bonchev–Trinajstić information content (AvgIpc) is 2.68. The number of hydrogen-bond donors (Lipinski definition) is 2. The minimum atomic E-state index is -0.0625. The van der Waals surface area contributed by atoms with E-state index in [1.807, 2.05) is 0 Å². The molecule has 3 N–H and O–H groups in total. The lowest BCUT2D eigenvalue weighted by atomic mass is 10.1. The van der Waals surface area contributed by atoms with Crippen LogP contribution in [0.25, 0.3) is 0 Å². The van der Waals surface area contributed by atoms with Gasteiger partial charge in [0.05, 0.1) is 18.7 Å². The van der Waals surface area contributed by atoms with Crippen LogP contribution in [0.4, 0.5) is 5.69 Å². The van der Waals surface area contributed by atoms with Gasteiger partial charge in [-0.2, -0.15) is 0 Å². The minimum Gasteiger partial charge on any atom is -0.495 e. The molecule has 6 heteroatoms. The summed E-state index contributed by atoms with van der Waals surface area (Å²) in [6, 6.07) is 5.32. The third kappa shape index (κ3) is 3.62. The second kappa shape index (κ2) is 6.43. The normalized spacial score (nSPS) is 22.8. The fourth-order valence-corrected chi connectivity index (χ4v) is 2.63. The van der Waals surface area contributed by atoms with E-state index in [1.54, 1.807) is 25.3 Å². The Morgan fingerprint density at radius 1 is 1.55 bits per heavy atom. The zero-order chi connectivity index (χ0) is 14.7. The number of ether oxygens (including phenoxy) is 1. The van der Waals surface area contributed by atoms with E-state index >= 15 is 0 Å². The van der Waals surface area contributed by atoms with Crippen LogP contribution < -0.4 is 15.8 Å². The third-order valence-corrected chi connectivity index (χ3v) is 3.84. The maximum Gasteiger partial charge on any atom is 0.238 e. The monoisotopic (exact) mass is 297 g/mol. The van der Waals surface area contributed by atoms with Crippen molar-refractivity contribution in [1.82, 2.24) is 4.90 Å². The Balaban J connectivity index is 1.90. The fraction of sp³-hybridized carbons (Fsp3) is 0.500. The first-order valence-electron chi connectivity index (χ1n) is 6.61. The van der Waals surface area contributed by atoms with Gasteiger partial charge in [-0.15, -0.1) is 0 Å². The van der Waals surface area contributed by atoms with Gasteiger partial charge in [0.2, 0.25) is 5.91 Å². The molecular weight excluding hydrogens is 278 g/mol. The molecule has 1 saturated heterocycles. The van der Waals surface area contributed by atoms with E-state index in [2.05, 4.69) is 17.1 Å². The number of rotatable bonds is 4. The lowest BCUT2D eigenvalue weighted by molar-refractivity contribution is -0.117. The van der Waals surface area contributed by atoms with E-state index in [1.165, 1.54) is 0 Å². The highest BCUT2D eigenvalue weighted by Crippen LogP contribution is 2.27. The van der Waals surface area contributed by atoms with E-state index in [-0.39, 0.29) is 11.9 Å². The van der Waals surface area contributed by atoms with Crippen molar-refractivity contribution in [3.63, 3.8) is 0 Å². The van der Waals surface area contributed by atoms with Crippen LogP contribution in [0.5, 0.6) is 5.75 Å². The summed E-state index contributed by atoms with van der Waals surface area (Å²) in [6.45, 7) is 4.07. The Bertz CT molecular complexity index is 485. The summed E-state index contributed by atoms with van der Waals surface area (Å²) in [5.74, 6) is 0.953. The Labute approximate surface area is 124 Å². The molecule has 0 bridgehead atoms. The van der Waals surface area contributed by atoms with Gasteiger partial charge in [-0.3, -0.25) is 9.69 Å². The van der Waals surface area contributed by atoms with Crippen molar-refractivity contribution in [2.24, 2.45) is 11.7 Å². The van der Waals surface area contributed by atoms with Crippen molar-refractivity contribution in [3.8, 4) is 5.75 Å². The molecule has 1 aliphatic heterocycles. The number of halogens is 1. The summed E-state index contributed by atoms with van der Waals surface area (Å²) in [5.41, 5.74) is 6.61. The number of carbonyl (C=O) groups is 1. The van der Waals surface area contributed by atoms with Crippen molar-refractivity contribution in [2.75, 3.05) is 32.1 Å². The molecule has 110 valence electrons. The smallest absolute Gasteiger partial charge is 0.238 e. The summed E-state index contributed by atoms with van der Waals surface area (Å²) in [5, 5.41) is 3.30. The van der Waals surface area contributed by atoms with E-state index in [9.17, 15) is 4.79 Å². The number of methoxy groups -OCH3 is 1. The average molecular weight is 298 g/mol. The lowest BCUT2D eigenvalue weighted by Crippen LogP contribution is -2.33. The number of nitrogens with one attached hydrogen (secondary N) is 1. The topological polar surface area (TPSA) is 67.6 Å². The van der Waals surface area contributed by atoms with Crippen LogP contribution in [0.2, 0.25) is 5.02 Å². The molecule has 20 heavy (non-hydrogen) atoms. The first-order chi connectivity index (χ1) is 9.49. The zero-order valence-corrected chi connectivity index (χ0v) is 12.5. The molecule has 1 aromatic rings. The van der Waals surface area contributed by atoms with E-state index < -0.39 is 0 Å². The molecule has 2 atom stereocenters. The molecule has 5 nitrogen and oxygen atoms in total. The summed E-state index contributed by atoms with van der Waals surface area (Å²) in [4.78, 5) is 14.0. The van der Waals surface area contributed by atoms with Crippen molar-refractivity contribution < 1.29 is 9.53 Å². The SMILES string of the molecule is COc1ccc(NC(=O)CN2CC(C)C(N)C2)cc1Cl. The molecule has 0 aromatic heterocycles. The standard InChI is InChI=1S/C14H20ClN3O2/c1-9-6-18(7-12(9)16)8-14(19)17-10-3-4-13(20-2)11(15)5-10/h3-5,9,12H,6-8,16H2,1-2H3,(H,17,19). The zero-order valence-electron chi connectivity index (χ0n) is 11.7. The van der Waals surface area contributed by atoms with Gasteiger partial charge in [0.1, 0.15) is 5.75 Å². The predicted molar refractivity (Wildman–Crippen MR) is 80.2 cm³/mol. The van der Waals surface area contributed by atoms with Crippen molar-refractivity contribution in [1.29, 1.82) is 0 Å². The second-order valence-electron chi connectivity index (χ2n) is 5.23. The van der Waals surface area contributed by atoms with Crippen molar-refractivity contribution >= 4 is 23.2 Å². The van der Waals surface area contributed by atoms with Gasteiger partial charge in [-0.25, -0.2) is 0 Å². The number of anilines is 1. The molecule has 1 fully saturated rings.